The van der Waals surface area contributed by atoms with E-state index < -0.39 is 26.7 Å². The van der Waals surface area contributed by atoms with Crippen LogP contribution >= 0.6 is 23.2 Å². The minimum Gasteiger partial charge on any atom is -0.475 e. The summed E-state index contributed by atoms with van der Waals surface area (Å²) >= 11 is 11.5. The average molecular weight is 335 g/mol. The Morgan fingerprint density at radius 3 is 2.40 bits per heavy atom. The second kappa shape index (κ2) is 5.47. The average Bonchev–Trinajstić information content (AvgIpc) is 2.84. The van der Waals surface area contributed by atoms with Gasteiger partial charge in [-0.25, -0.2) is 13.2 Å². The van der Waals surface area contributed by atoms with Gasteiger partial charge in [0.15, 0.2) is 0 Å². The quantitative estimate of drug-likeness (QED) is 0.927. The van der Waals surface area contributed by atoms with Crippen LogP contribution in [0.4, 0.5) is 0 Å². The molecule has 0 amide bonds. The second-order valence-electron chi connectivity index (χ2n) is 3.93. The van der Waals surface area contributed by atoms with Gasteiger partial charge in [-0.15, -0.1) is 0 Å². The number of halogens is 2. The summed E-state index contributed by atoms with van der Waals surface area (Å²) in [7, 11) is -3.79. The van der Waals surface area contributed by atoms with Crippen molar-refractivity contribution in [2.75, 3.05) is 0 Å². The lowest BCUT2D eigenvalue weighted by Crippen LogP contribution is -2.04. The molecule has 8 heteroatoms. The van der Waals surface area contributed by atoms with E-state index in [-0.39, 0.29) is 10.8 Å². The number of benzene rings is 1. The number of carboxylic acid groups (broad SMARTS) is 1. The van der Waals surface area contributed by atoms with E-state index >= 15 is 0 Å². The van der Waals surface area contributed by atoms with Gasteiger partial charge in [0.05, 0.1) is 15.8 Å². The number of carboxylic acids is 1. The lowest BCUT2D eigenvalue weighted by molar-refractivity contribution is 0.0656. The van der Waals surface area contributed by atoms with Crippen molar-refractivity contribution < 1.29 is 22.7 Å². The van der Waals surface area contributed by atoms with Gasteiger partial charge in [-0.1, -0.05) is 29.3 Å². The first-order valence-electron chi connectivity index (χ1n) is 5.29. The summed E-state index contributed by atoms with van der Waals surface area (Å²) < 4.78 is 28.9. The zero-order chi connectivity index (χ0) is 14.9. The molecule has 0 aliphatic heterocycles. The van der Waals surface area contributed by atoms with E-state index in [1.165, 1.54) is 18.2 Å². The van der Waals surface area contributed by atoms with Gasteiger partial charge < -0.3 is 9.52 Å². The van der Waals surface area contributed by atoms with E-state index in [0.29, 0.717) is 10.6 Å². The smallest absolute Gasteiger partial charge is 0.371 e. The highest BCUT2D eigenvalue weighted by molar-refractivity contribution is 7.90. The number of hydrogen-bond acceptors (Lipinski definition) is 4. The molecule has 106 valence electrons. The maximum atomic E-state index is 12.1. The van der Waals surface area contributed by atoms with Gasteiger partial charge in [-0.2, -0.15) is 0 Å². The van der Waals surface area contributed by atoms with Crippen LogP contribution in [-0.2, 0) is 15.6 Å². The molecule has 2 rings (SSSR count). The second-order valence-corrected chi connectivity index (χ2v) is 6.67. The Kier molecular flexibility index (Phi) is 4.08. The van der Waals surface area contributed by atoms with Crippen LogP contribution in [-0.4, -0.2) is 19.5 Å². The van der Waals surface area contributed by atoms with E-state index in [4.69, 9.17) is 32.7 Å². The number of hydrogen-bond donors (Lipinski definition) is 1. The first-order chi connectivity index (χ1) is 9.29. The first kappa shape index (κ1) is 14.9. The highest BCUT2D eigenvalue weighted by Gasteiger charge is 2.22. The largest absolute Gasteiger partial charge is 0.475 e. The highest BCUT2D eigenvalue weighted by atomic mass is 35.5. The van der Waals surface area contributed by atoms with E-state index in [2.05, 4.69) is 0 Å². The summed E-state index contributed by atoms with van der Waals surface area (Å²) in [5.74, 6) is -2.13. The first-order valence-corrected chi connectivity index (χ1v) is 7.70. The van der Waals surface area contributed by atoms with Gasteiger partial charge in [0.25, 0.3) is 0 Å². The fourth-order valence-corrected chi connectivity index (χ4v) is 3.10. The molecule has 0 aliphatic carbocycles. The molecule has 2 aromatic rings. The molecule has 1 heterocycles. The van der Waals surface area contributed by atoms with Crippen molar-refractivity contribution in [2.24, 2.45) is 0 Å². The van der Waals surface area contributed by atoms with Crippen LogP contribution in [0.1, 0.15) is 16.1 Å². The third kappa shape index (κ3) is 3.15. The summed E-state index contributed by atoms with van der Waals surface area (Å²) in [6, 6.07) is 6.63. The molecular weight excluding hydrogens is 327 g/mol. The summed E-state index contributed by atoms with van der Waals surface area (Å²) in [5, 5.41) is 8.86. The predicted octanol–water partition coefficient (Wildman–Crippen LogP) is 3.26. The minimum atomic E-state index is -3.79. The Hall–Kier alpha value is -1.50. The van der Waals surface area contributed by atoms with Crippen LogP contribution < -0.4 is 0 Å². The Morgan fingerprint density at radius 2 is 1.85 bits per heavy atom. The molecule has 5 nitrogen and oxygen atoms in total. The van der Waals surface area contributed by atoms with Crippen LogP contribution in [0.3, 0.4) is 0 Å². The van der Waals surface area contributed by atoms with Gasteiger partial charge >= 0.3 is 5.97 Å². The molecule has 0 spiro atoms. The Morgan fingerprint density at radius 1 is 1.15 bits per heavy atom. The molecule has 1 aromatic heterocycles. The monoisotopic (exact) mass is 334 g/mol. The van der Waals surface area contributed by atoms with Crippen LogP contribution in [0.2, 0.25) is 10.0 Å². The van der Waals surface area contributed by atoms with E-state index in [9.17, 15) is 13.2 Å². The molecule has 0 atom stereocenters. The van der Waals surface area contributed by atoms with Crippen molar-refractivity contribution in [3.8, 4) is 0 Å². The van der Waals surface area contributed by atoms with E-state index in [0.717, 1.165) is 12.1 Å². The number of furan rings is 1. The fourth-order valence-electron chi connectivity index (χ4n) is 1.52. The third-order valence-electron chi connectivity index (χ3n) is 2.44. The van der Waals surface area contributed by atoms with Gasteiger partial charge in [-0.3, -0.25) is 0 Å². The molecular formula is C12H8Cl2O5S. The van der Waals surface area contributed by atoms with Crippen LogP contribution in [0.5, 0.6) is 0 Å². The summed E-state index contributed by atoms with van der Waals surface area (Å²) in [6.45, 7) is 0. The molecule has 0 aliphatic rings. The fraction of sp³-hybridized carbons (Fsp3) is 0.0833. The van der Waals surface area contributed by atoms with Gasteiger partial charge in [0, 0.05) is 0 Å². The Labute approximate surface area is 124 Å². The van der Waals surface area contributed by atoms with Crippen LogP contribution in [0.15, 0.2) is 39.8 Å². The lowest BCUT2D eigenvalue weighted by Gasteiger charge is -2.03. The maximum absolute atomic E-state index is 12.1. The normalized spacial score (nSPS) is 11.5. The molecule has 20 heavy (non-hydrogen) atoms. The SMILES string of the molecule is O=C(O)c1ccc(S(=O)(=O)Cc2ccc(Cl)c(Cl)c2)o1. The van der Waals surface area contributed by atoms with Crippen LogP contribution in [0.25, 0.3) is 0 Å². The molecule has 0 saturated carbocycles. The van der Waals surface area contributed by atoms with Crippen LogP contribution in [0, 0.1) is 0 Å². The molecule has 0 saturated heterocycles. The van der Waals surface area contributed by atoms with Crippen molar-refractivity contribution in [3.63, 3.8) is 0 Å². The molecule has 0 unspecified atom stereocenters. The standard InChI is InChI=1S/C12H8Cl2O5S/c13-8-2-1-7(5-9(8)14)6-20(17,18)11-4-3-10(19-11)12(15)16/h1-5H,6H2,(H,15,16). The van der Waals surface area contributed by atoms with Crippen molar-refractivity contribution in [1.29, 1.82) is 0 Å². The number of sulfone groups is 1. The highest BCUT2D eigenvalue weighted by Crippen LogP contribution is 2.25. The van der Waals surface area contributed by atoms with E-state index in [1.807, 2.05) is 0 Å². The summed E-state index contributed by atoms with van der Waals surface area (Å²) in [5.41, 5.74) is 0.424. The predicted molar refractivity (Wildman–Crippen MR) is 73.0 cm³/mol. The molecule has 0 bridgehead atoms. The van der Waals surface area contributed by atoms with Crippen molar-refractivity contribution in [2.45, 2.75) is 10.8 Å². The number of rotatable bonds is 4. The third-order valence-corrected chi connectivity index (χ3v) is 4.72. The molecule has 1 N–H and O–H groups in total. The summed E-state index contributed by atoms with van der Waals surface area (Å²) in [6.07, 6.45) is 0. The zero-order valence-corrected chi connectivity index (χ0v) is 12.2. The lowest BCUT2D eigenvalue weighted by atomic mass is 10.2. The number of aromatic carboxylic acids is 1. The minimum absolute atomic E-state index is 0.241. The van der Waals surface area contributed by atoms with E-state index in [1.54, 1.807) is 0 Å². The van der Waals surface area contributed by atoms with Crippen molar-refractivity contribution in [1.82, 2.24) is 0 Å². The van der Waals surface area contributed by atoms with Crippen molar-refractivity contribution in [3.05, 3.63) is 51.7 Å². The molecule has 0 fully saturated rings. The van der Waals surface area contributed by atoms with Gasteiger partial charge in [-0.05, 0) is 29.8 Å². The molecule has 1 aromatic carbocycles. The maximum Gasteiger partial charge on any atom is 0.371 e. The van der Waals surface area contributed by atoms with Gasteiger partial charge in [0.1, 0.15) is 0 Å². The topological polar surface area (TPSA) is 84.6 Å². The Bertz CT molecular complexity index is 764. The molecule has 0 radical (unpaired) electrons. The number of carbonyl (C=O) groups is 1. The van der Waals surface area contributed by atoms with Crippen molar-refractivity contribution >= 4 is 39.0 Å². The Balaban J connectivity index is 2.30. The summed E-state index contributed by atoms with van der Waals surface area (Å²) in [4.78, 5) is 10.7. The zero-order valence-electron chi connectivity index (χ0n) is 9.84. The van der Waals surface area contributed by atoms with Gasteiger partial charge in [0.2, 0.25) is 20.7 Å².